The summed E-state index contributed by atoms with van der Waals surface area (Å²) in [6.07, 6.45) is 5.86. The molecule has 0 aliphatic heterocycles. The van der Waals surface area contributed by atoms with Gasteiger partial charge in [0, 0.05) is 23.7 Å². The largest absolute Gasteiger partial charge is 0.459 e. The second-order valence-electron chi connectivity index (χ2n) is 6.52. The van der Waals surface area contributed by atoms with Crippen molar-refractivity contribution in [2.75, 3.05) is 11.5 Å². The molecule has 152 valence electrons. The third kappa shape index (κ3) is 9.81. The van der Waals surface area contributed by atoms with Gasteiger partial charge < -0.3 is 9.47 Å². The molecule has 0 fully saturated rings. The van der Waals surface area contributed by atoms with Crippen LogP contribution in [-0.2, 0) is 19.1 Å². The summed E-state index contributed by atoms with van der Waals surface area (Å²) in [5, 5.41) is 0. The molecule has 0 saturated carbocycles. The molecule has 2 unspecified atom stereocenters. The van der Waals surface area contributed by atoms with E-state index in [9.17, 15) is 9.59 Å². The molecule has 2 aromatic rings. The summed E-state index contributed by atoms with van der Waals surface area (Å²) < 4.78 is 10.7. The summed E-state index contributed by atoms with van der Waals surface area (Å²) in [5.41, 5.74) is 1.90. The zero-order valence-corrected chi connectivity index (χ0v) is 17.5. The molecule has 2 atom stereocenters. The van der Waals surface area contributed by atoms with Gasteiger partial charge in [0.2, 0.25) is 0 Å². The van der Waals surface area contributed by atoms with Crippen LogP contribution in [0.5, 0.6) is 0 Å². The Morgan fingerprint density at radius 1 is 0.759 bits per heavy atom. The van der Waals surface area contributed by atoms with E-state index in [-0.39, 0.29) is 24.1 Å². The lowest BCUT2D eigenvalue weighted by atomic mass is 10.2. The minimum atomic E-state index is -0.368. The van der Waals surface area contributed by atoms with E-state index in [1.807, 2.05) is 74.5 Å². The molecule has 0 radical (unpaired) electrons. The molecular formula is C24H26O4S. The van der Waals surface area contributed by atoms with E-state index < -0.39 is 0 Å². The number of hydrogen-bond acceptors (Lipinski definition) is 5. The first-order valence-electron chi connectivity index (χ1n) is 9.48. The Hall–Kier alpha value is -2.79. The SMILES string of the molecule is CC(CSCC(C)OC(=O)/C=C/c1ccccc1)OC(=O)/C=C/c1ccccc1. The van der Waals surface area contributed by atoms with Gasteiger partial charge in [-0.05, 0) is 37.1 Å². The van der Waals surface area contributed by atoms with Gasteiger partial charge in [-0.2, -0.15) is 11.8 Å². The van der Waals surface area contributed by atoms with Crippen molar-refractivity contribution in [3.8, 4) is 0 Å². The number of hydrogen-bond donors (Lipinski definition) is 0. The molecule has 0 bridgehead atoms. The average Bonchev–Trinajstić information content (AvgIpc) is 2.72. The van der Waals surface area contributed by atoms with Gasteiger partial charge in [0.1, 0.15) is 12.2 Å². The smallest absolute Gasteiger partial charge is 0.331 e. The summed E-state index contributed by atoms with van der Waals surface area (Å²) in [4.78, 5) is 23.7. The fraction of sp³-hybridized carbons (Fsp3) is 0.250. The molecule has 29 heavy (non-hydrogen) atoms. The highest BCUT2D eigenvalue weighted by atomic mass is 32.2. The molecule has 0 amide bonds. The van der Waals surface area contributed by atoms with Crippen LogP contribution in [-0.4, -0.2) is 35.7 Å². The lowest BCUT2D eigenvalue weighted by Gasteiger charge is -2.14. The summed E-state index contributed by atoms with van der Waals surface area (Å²) in [6, 6.07) is 19.2. The van der Waals surface area contributed by atoms with Gasteiger partial charge in [-0.25, -0.2) is 9.59 Å². The van der Waals surface area contributed by atoms with Crippen LogP contribution in [0.25, 0.3) is 12.2 Å². The first-order valence-corrected chi connectivity index (χ1v) is 10.6. The summed E-state index contributed by atoms with van der Waals surface area (Å²) in [6.45, 7) is 3.70. The van der Waals surface area contributed by atoms with Crippen LogP contribution in [0.4, 0.5) is 0 Å². The zero-order valence-electron chi connectivity index (χ0n) is 16.7. The predicted molar refractivity (Wildman–Crippen MR) is 119 cm³/mol. The van der Waals surface area contributed by atoms with E-state index in [4.69, 9.17) is 9.47 Å². The first-order chi connectivity index (χ1) is 14.0. The maximum Gasteiger partial charge on any atom is 0.331 e. The number of ether oxygens (including phenoxy) is 2. The maximum atomic E-state index is 11.9. The van der Waals surface area contributed by atoms with Crippen LogP contribution in [0, 0.1) is 0 Å². The van der Waals surface area contributed by atoms with E-state index in [1.54, 1.807) is 23.9 Å². The number of thioether (sulfide) groups is 1. The summed E-state index contributed by atoms with van der Waals surface area (Å²) >= 11 is 1.58. The van der Waals surface area contributed by atoms with Gasteiger partial charge in [-0.3, -0.25) is 0 Å². The Labute approximate surface area is 176 Å². The lowest BCUT2D eigenvalue weighted by Crippen LogP contribution is -2.19. The van der Waals surface area contributed by atoms with Crippen LogP contribution in [0.15, 0.2) is 72.8 Å². The van der Waals surface area contributed by atoms with Crippen molar-refractivity contribution in [1.82, 2.24) is 0 Å². The molecule has 4 nitrogen and oxygen atoms in total. The Kier molecular flexibility index (Phi) is 9.80. The van der Waals surface area contributed by atoms with E-state index in [2.05, 4.69) is 0 Å². The highest BCUT2D eigenvalue weighted by Gasteiger charge is 2.11. The third-order valence-electron chi connectivity index (χ3n) is 3.76. The Morgan fingerprint density at radius 3 is 1.52 bits per heavy atom. The Morgan fingerprint density at radius 2 is 1.14 bits per heavy atom. The van der Waals surface area contributed by atoms with Crippen molar-refractivity contribution in [3.05, 3.63) is 83.9 Å². The van der Waals surface area contributed by atoms with Crippen molar-refractivity contribution < 1.29 is 19.1 Å². The molecule has 0 saturated heterocycles. The van der Waals surface area contributed by atoms with Gasteiger partial charge in [-0.15, -0.1) is 0 Å². The highest BCUT2D eigenvalue weighted by molar-refractivity contribution is 7.99. The number of carbonyl (C=O) groups is 2. The molecule has 0 aromatic heterocycles. The van der Waals surface area contributed by atoms with Crippen molar-refractivity contribution in [2.45, 2.75) is 26.1 Å². The Balaban J connectivity index is 1.62. The monoisotopic (exact) mass is 410 g/mol. The number of rotatable bonds is 10. The first kappa shape index (κ1) is 22.5. The molecule has 0 aliphatic carbocycles. The van der Waals surface area contributed by atoms with Crippen LogP contribution < -0.4 is 0 Å². The van der Waals surface area contributed by atoms with Crippen LogP contribution in [0.3, 0.4) is 0 Å². The van der Waals surface area contributed by atoms with Crippen molar-refractivity contribution in [2.24, 2.45) is 0 Å². The molecular weight excluding hydrogens is 384 g/mol. The van der Waals surface area contributed by atoms with E-state index in [1.165, 1.54) is 12.2 Å². The standard InChI is InChI=1S/C24H26O4S/c1-19(27-23(25)15-13-21-9-5-3-6-10-21)17-29-18-20(2)28-24(26)16-14-22-11-7-4-8-12-22/h3-16,19-20H,17-18H2,1-2H3/b15-13+,16-14+. The molecule has 0 aliphatic rings. The summed E-state index contributed by atoms with van der Waals surface area (Å²) in [7, 11) is 0. The van der Waals surface area contributed by atoms with Gasteiger partial charge in [0.15, 0.2) is 0 Å². The fourth-order valence-corrected chi connectivity index (χ4v) is 3.34. The molecule has 2 rings (SSSR count). The molecule has 0 N–H and O–H groups in total. The Bertz CT molecular complexity index is 746. The molecule has 2 aromatic carbocycles. The van der Waals surface area contributed by atoms with Crippen LogP contribution >= 0.6 is 11.8 Å². The van der Waals surface area contributed by atoms with Crippen molar-refractivity contribution in [3.63, 3.8) is 0 Å². The van der Waals surface area contributed by atoms with Gasteiger partial charge in [-0.1, -0.05) is 60.7 Å². The minimum Gasteiger partial charge on any atom is -0.459 e. The van der Waals surface area contributed by atoms with Gasteiger partial charge >= 0.3 is 11.9 Å². The number of benzene rings is 2. The van der Waals surface area contributed by atoms with Gasteiger partial charge in [0.25, 0.3) is 0 Å². The third-order valence-corrected chi connectivity index (χ3v) is 5.17. The van der Waals surface area contributed by atoms with Gasteiger partial charge in [0.05, 0.1) is 0 Å². The predicted octanol–water partition coefficient (Wildman–Crippen LogP) is 5.01. The number of esters is 2. The topological polar surface area (TPSA) is 52.6 Å². The summed E-state index contributed by atoms with van der Waals surface area (Å²) in [5.74, 6) is 0.527. The van der Waals surface area contributed by atoms with Crippen LogP contribution in [0.2, 0.25) is 0 Å². The second kappa shape index (κ2) is 12.6. The lowest BCUT2D eigenvalue weighted by molar-refractivity contribution is -0.141. The molecule has 0 heterocycles. The molecule has 5 heteroatoms. The van der Waals surface area contributed by atoms with Crippen molar-refractivity contribution >= 4 is 35.9 Å². The van der Waals surface area contributed by atoms with Crippen molar-refractivity contribution in [1.29, 1.82) is 0 Å². The maximum absolute atomic E-state index is 11.9. The molecule has 0 spiro atoms. The van der Waals surface area contributed by atoms with E-state index >= 15 is 0 Å². The highest BCUT2D eigenvalue weighted by Crippen LogP contribution is 2.11. The normalized spacial score (nSPS) is 13.3. The second-order valence-corrected chi connectivity index (χ2v) is 7.60. The van der Waals surface area contributed by atoms with Crippen LogP contribution in [0.1, 0.15) is 25.0 Å². The quantitative estimate of drug-likeness (QED) is 0.407. The van der Waals surface area contributed by atoms with E-state index in [0.717, 1.165) is 11.1 Å². The van der Waals surface area contributed by atoms with E-state index in [0.29, 0.717) is 11.5 Å². The zero-order chi connectivity index (χ0) is 20.9. The number of carbonyl (C=O) groups excluding carboxylic acids is 2. The average molecular weight is 411 g/mol. The minimum absolute atomic E-state index is 0.228. The fourth-order valence-electron chi connectivity index (χ4n) is 2.40.